The summed E-state index contributed by atoms with van der Waals surface area (Å²) in [4.78, 5) is 31.7. The average Bonchev–Trinajstić information content (AvgIpc) is 2.89. The van der Waals surface area contributed by atoms with E-state index in [4.69, 9.17) is 4.84 Å². The number of nitrogens with one attached hydrogen (secondary N) is 1. The van der Waals surface area contributed by atoms with Gasteiger partial charge in [-0.05, 0) is 59.7 Å². The first kappa shape index (κ1) is 22.0. The Balaban J connectivity index is 2.53. The van der Waals surface area contributed by atoms with Gasteiger partial charge in [-0.3, -0.25) is 14.4 Å². The van der Waals surface area contributed by atoms with E-state index < -0.39 is 11.3 Å². The molecule has 0 spiro atoms. The van der Waals surface area contributed by atoms with Crippen molar-refractivity contribution in [2.45, 2.75) is 41.0 Å². The maximum Gasteiger partial charge on any atom is 0.276 e. The molecule has 0 saturated carbocycles. The molecule has 0 aliphatic rings. The number of benzene rings is 1. The number of hydrogen-bond donors (Lipinski definition) is 1. The summed E-state index contributed by atoms with van der Waals surface area (Å²) in [6.45, 7) is 9.36. The Morgan fingerprint density at radius 3 is 2.52 bits per heavy atom. The summed E-state index contributed by atoms with van der Waals surface area (Å²) in [7, 11) is 0. The second kappa shape index (κ2) is 8.79. The summed E-state index contributed by atoms with van der Waals surface area (Å²) in [5.74, 6) is -0.780. The van der Waals surface area contributed by atoms with E-state index in [2.05, 4.69) is 5.48 Å². The fourth-order valence-corrected chi connectivity index (χ4v) is 4.51. The van der Waals surface area contributed by atoms with E-state index in [-0.39, 0.29) is 18.0 Å². The van der Waals surface area contributed by atoms with Crippen LogP contribution in [0.3, 0.4) is 0 Å². The molecule has 2 aromatic rings. The van der Waals surface area contributed by atoms with Crippen LogP contribution in [0, 0.1) is 21.7 Å². The Kier molecular flexibility index (Phi) is 7.15. The van der Waals surface area contributed by atoms with E-state index >= 15 is 0 Å². The van der Waals surface area contributed by atoms with Crippen molar-refractivity contribution in [2.24, 2.45) is 5.41 Å². The second-order valence-corrected chi connectivity index (χ2v) is 9.56. The lowest BCUT2D eigenvalue weighted by Crippen LogP contribution is -2.25. The summed E-state index contributed by atoms with van der Waals surface area (Å²) in [5.41, 5.74) is 3.30. The highest BCUT2D eigenvalue weighted by Gasteiger charge is 2.30. The van der Waals surface area contributed by atoms with Gasteiger partial charge in [-0.25, -0.2) is 9.87 Å². The molecule has 146 valence electrons. The Morgan fingerprint density at radius 1 is 1.30 bits per heavy atom. The first-order chi connectivity index (χ1) is 12.6. The Morgan fingerprint density at radius 2 is 1.96 bits per heavy atom. The molecular weight excluding hydrogens is 480 g/mol. The van der Waals surface area contributed by atoms with Crippen LogP contribution in [-0.2, 0) is 11.3 Å². The van der Waals surface area contributed by atoms with E-state index in [1.165, 1.54) is 17.4 Å². The fourth-order valence-electron chi connectivity index (χ4n) is 2.58. The van der Waals surface area contributed by atoms with E-state index in [0.717, 1.165) is 3.57 Å². The number of halogens is 2. The van der Waals surface area contributed by atoms with Gasteiger partial charge in [0, 0.05) is 20.3 Å². The maximum atomic E-state index is 14.3. The highest BCUT2D eigenvalue weighted by atomic mass is 127. The number of thiophene rings is 1. The zero-order chi connectivity index (χ0) is 20.4. The van der Waals surface area contributed by atoms with Gasteiger partial charge in [-0.15, -0.1) is 11.3 Å². The normalized spacial score (nSPS) is 11.5. The van der Waals surface area contributed by atoms with E-state index in [0.29, 0.717) is 33.1 Å². The van der Waals surface area contributed by atoms with Crippen LogP contribution < -0.4 is 5.48 Å². The molecule has 0 radical (unpaired) electrons. The van der Waals surface area contributed by atoms with Crippen molar-refractivity contribution in [3.63, 3.8) is 0 Å². The van der Waals surface area contributed by atoms with Crippen LogP contribution in [0.15, 0.2) is 18.2 Å². The number of ketones is 1. The fraction of sp³-hybridized carbons (Fsp3) is 0.400. The van der Waals surface area contributed by atoms with Gasteiger partial charge in [0.15, 0.2) is 5.78 Å². The highest BCUT2D eigenvalue weighted by Crippen LogP contribution is 2.35. The highest BCUT2D eigenvalue weighted by molar-refractivity contribution is 14.1. The van der Waals surface area contributed by atoms with E-state index in [1.807, 2.05) is 49.4 Å². The summed E-state index contributed by atoms with van der Waals surface area (Å²) in [5, 5.41) is 0. The van der Waals surface area contributed by atoms with Crippen LogP contribution in [-0.4, -0.2) is 18.3 Å². The molecule has 1 heterocycles. The average molecular weight is 503 g/mol. The number of hydrogen-bond acceptors (Lipinski definition) is 4. The lowest BCUT2D eigenvalue weighted by molar-refractivity contribution is 0.0363. The van der Waals surface area contributed by atoms with Crippen molar-refractivity contribution in [3.8, 4) is 0 Å². The predicted octanol–water partition coefficient (Wildman–Crippen LogP) is 5.30. The Bertz CT molecular complexity index is 871. The number of hydroxylamine groups is 1. The van der Waals surface area contributed by atoms with Crippen molar-refractivity contribution in [1.29, 1.82) is 0 Å². The summed E-state index contributed by atoms with van der Waals surface area (Å²) >= 11 is 3.31. The van der Waals surface area contributed by atoms with Crippen LogP contribution in [0.4, 0.5) is 4.39 Å². The topological polar surface area (TPSA) is 55.4 Å². The molecule has 0 fully saturated rings. The van der Waals surface area contributed by atoms with E-state index in [1.54, 1.807) is 19.9 Å². The minimum absolute atomic E-state index is 0.0372. The minimum atomic E-state index is -0.575. The molecule has 1 aromatic heterocycles. The number of Topliss-reactive ketones (excluding diaryl/α,β-unsaturated/α-hetero) is 1. The van der Waals surface area contributed by atoms with Gasteiger partial charge in [0.25, 0.3) is 5.91 Å². The molecule has 0 aliphatic carbocycles. The predicted molar refractivity (Wildman–Crippen MR) is 114 cm³/mol. The van der Waals surface area contributed by atoms with Crippen LogP contribution in [0.1, 0.15) is 63.7 Å². The number of amides is 1. The van der Waals surface area contributed by atoms with Crippen LogP contribution in [0.5, 0.6) is 0 Å². The van der Waals surface area contributed by atoms with Crippen molar-refractivity contribution in [3.05, 3.63) is 54.0 Å². The van der Waals surface area contributed by atoms with Gasteiger partial charge < -0.3 is 0 Å². The standard InChI is InChI=1S/C20H23FINO3S/c1-6-26-23-19(25)16-11(2)17(18(24)20(3,4)5)27-15(16)9-12-7-8-13(22)10-14(12)21/h7-8,10H,6,9H2,1-5H3,(H,23,25). The first-order valence-electron chi connectivity index (χ1n) is 8.59. The number of carbonyl (C=O) groups excluding carboxylic acids is 2. The summed E-state index contributed by atoms with van der Waals surface area (Å²) in [6.07, 6.45) is 0.237. The van der Waals surface area contributed by atoms with Crippen LogP contribution in [0.25, 0.3) is 0 Å². The maximum absolute atomic E-state index is 14.3. The van der Waals surface area contributed by atoms with Crippen LogP contribution in [0.2, 0.25) is 0 Å². The molecule has 0 saturated heterocycles. The zero-order valence-corrected chi connectivity index (χ0v) is 19.0. The van der Waals surface area contributed by atoms with Gasteiger partial charge in [-0.1, -0.05) is 26.8 Å². The van der Waals surface area contributed by atoms with Gasteiger partial charge in [-0.2, -0.15) is 0 Å². The van der Waals surface area contributed by atoms with E-state index in [9.17, 15) is 14.0 Å². The Hall–Kier alpha value is -1.32. The quantitative estimate of drug-likeness (QED) is 0.331. The molecule has 1 aromatic carbocycles. The molecule has 0 unspecified atom stereocenters. The molecule has 1 amide bonds. The third-order valence-corrected chi connectivity index (χ3v) is 5.97. The van der Waals surface area contributed by atoms with Crippen molar-refractivity contribution in [2.75, 3.05) is 6.61 Å². The van der Waals surface area contributed by atoms with Crippen LogP contribution >= 0.6 is 33.9 Å². The minimum Gasteiger partial charge on any atom is -0.293 e. The van der Waals surface area contributed by atoms with Gasteiger partial charge >= 0.3 is 0 Å². The first-order valence-corrected chi connectivity index (χ1v) is 10.5. The summed E-state index contributed by atoms with van der Waals surface area (Å²) < 4.78 is 15.1. The number of carbonyl (C=O) groups is 2. The van der Waals surface area contributed by atoms with Gasteiger partial charge in [0.1, 0.15) is 5.82 Å². The Labute approximate surface area is 176 Å². The lowest BCUT2D eigenvalue weighted by Gasteiger charge is -2.15. The van der Waals surface area contributed by atoms with Crippen molar-refractivity contribution < 1.29 is 18.8 Å². The molecular formula is C20H23FINO3S. The number of rotatable bonds is 6. The molecule has 1 N–H and O–H groups in total. The molecule has 27 heavy (non-hydrogen) atoms. The lowest BCUT2D eigenvalue weighted by atomic mass is 9.88. The third-order valence-electron chi connectivity index (χ3n) is 4.01. The molecule has 0 atom stereocenters. The molecule has 2 rings (SSSR count). The second-order valence-electron chi connectivity index (χ2n) is 7.21. The monoisotopic (exact) mass is 503 g/mol. The SMILES string of the molecule is CCONC(=O)c1c(Cc2ccc(I)cc2F)sc(C(=O)C(C)(C)C)c1C. The molecule has 7 heteroatoms. The largest absolute Gasteiger partial charge is 0.293 e. The van der Waals surface area contributed by atoms with Gasteiger partial charge in [0.05, 0.1) is 17.0 Å². The van der Waals surface area contributed by atoms with Crippen molar-refractivity contribution in [1.82, 2.24) is 5.48 Å². The molecule has 4 nitrogen and oxygen atoms in total. The molecule has 0 bridgehead atoms. The van der Waals surface area contributed by atoms with Crippen molar-refractivity contribution >= 4 is 45.6 Å². The third kappa shape index (κ3) is 5.14. The molecule has 0 aliphatic heterocycles. The van der Waals surface area contributed by atoms with Gasteiger partial charge in [0.2, 0.25) is 0 Å². The smallest absolute Gasteiger partial charge is 0.276 e. The summed E-state index contributed by atoms with van der Waals surface area (Å²) in [6, 6.07) is 4.99. The zero-order valence-electron chi connectivity index (χ0n) is 16.0.